The van der Waals surface area contributed by atoms with Crippen LogP contribution >= 0.6 is 0 Å². The zero-order chi connectivity index (χ0) is 40.5. The third-order valence-electron chi connectivity index (χ3n) is 11.8. The Balaban J connectivity index is 0.000000320. The van der Waals surface area contributed by atoms with E-state index in [1.165, 1.54) is 105 Å². The molecule has 0 saturated heterocycles. The molecule has 0 radical (unpaired) electrons. The molecule has 3 aliphatic carbocycles. The quantitative estimate of drug-likeness (QED) is 0.167. The first-order chi connectivity index (χ1) is 28.0. The van der Waals surface area contributed by atoms with Gasteiger partial charge in [0.1, 0.15) is 0 Å². The van der Waals surface area contributed by atoms with E-state index in [1.807, 2.05) is 0 Å². The fourth-order valence-electron chi connectivity index (χ4n) is 9.08. The van der Waals surface area contributed by atoms with Crippen LogP contribution in [0.1, 0.15) is 75.8 Å². The molecule has 298 valence electrons. The number of fused-ring (bicyclic) bond motifs is 2. The number of rotatable bonds is 6. The van der Waals surface area contributed by atoms with Gasteiger partial charge in [0, 0.05) is 5.41 Å². The van der Waals surface area contributed by atoms with Crippen molar-refractivity contribution in [2.24, 2.45) is 5.41 Å². The van der Waals surface area contributed by atoms with Gasteiger partial charge in [0.15, 0.2) is 0 Å². The molecule has 0 fully saturated rings. The molecule has 60 heavy (non-hydrogen) atoms. The summed E-state index contributed by atoms with van der Waals surface area (Å²) in [5.74, 6) is 0. The van der Waals surface area contributed by atoms with Crippen LogP contribution in [0.25, 0.3) is 28.3 Å². The normalized spacial score (nSPS) is 16.5. The monoisotopic (exact) mass is 895 g/mol. The van der Waals surface area contributed by atoms with Crippen LogP contribution in [0.15, 0.2) is 205 Å². The van der Waals surface area contributed by atoms with Gasteiger partial charge < -0.3 is 24.8 Å². The predicted molar refractivity (Wildman–Crippen MR) is 244 cm³/mol. The van der Waals surface area contributed by atoms with Crippen LogP contribution in [0.3, 0.4) is 0 Å². The number of benzene rings is 6. The maximum atomic E-state index is 4.08. The Morgan fingerprint density at radius 3 is 1.60 bits per heavy atom. The van der Waals surface area contributed by atoms with Gasteiger partial charge in [-0.1, -0.05) is 185 Å². The molecule has 0 aromatic heterocycles. The van der Waals surface area contributed by atoms with Crippen LogP contribution in [-0.2, 0) is 35.1 Å². The summed E-state index contributed by atoms with van der Waals surface area (Å²) in [5, 5.41) is 2.50. The van der Waals surface area contributed by atoms with Gasteiger partial charge in [0.25, 0.3) is 0 Å². The van der Waals surface area contributed by atoms with Crippen LogP contribution in [-0.4, -0.2) is 3.21 Å². The molecule has 0 N–H and O–H groups in total. The van der Waals surface area contributed by atoms with Crippen LogP contribution in [0, 0.1) is 5.41 Å². The molecule has 0 spiro atoms. The summed E-state index contributed by atoms with van der Waals surface area (Å²) in [5.41, 5.74) is 15.3. The molecule has 6 aromatic carbocycles. The average molecular weight is 898 g/mol. The first-order valence-electron chi connectivity index (χ1n) is 20.5. The number of allylic oxidation sites excluding steroid dienone is 8. The van der Waals surface area contributed by atoms with Gasteiger partial charge in [0.05, 0.1) is 0 Å². The van der Waals surface area contributed by atoms with Crippen molar-refractivity contribution in [3.63, 3.8) is 0 Å². The standard InChI is InChI=1S/C44H41.C13H10.2ClH.Zr/c1-42(2,3)35-26-33-27-38-37(40(33)36(28-35)30-18-10-7-11-19-30)29-39(31-20-12-8-13-21-31)44(43(4,5)6,34-24-14-9-15-25-34)41(38)32-22-16-17-23-32;1-3-7-12(8-4-1)11-13-9-5-2-6-10-13;;;/h7-22,24-26,28-29H,23H2,1-6H3;1-10H;2*1H;/q-1;;;;+2/p-2. The van der Waals surface area contributed by atoms with Gasteiger partial charge in [-0.05, 0) is 39.5 Å². The minimum atomic E-state index is -0.402. The third kappa shape index (κ3) is 8.48. The van der Waals surface area contributed by atoms with Gasteiger partial charge in [0.2, 0.25) is 0 Å². The Hall–Kier alpha value is -4.65. The van der Waals surface area contributed by atoms with Crippen molar-refractivity contribution in [2.75, 3.05) is 0 Å². The molecule has 1 unspecified atom stereocenters. The molecule has 0 saturated carbocycles. The molecule has 3 aliphatic rings. The second-order valence-corrected chi connectivity index (χ2v) is 18.8. The first-order valence-corrected chi connectivity index (χ1v) is 21.7. The second kappa shape index (κ2) is 18.5. The molecule has 0 heterocycles. The first kappa shape index (κ1) is 44.9. The van der Waals surface area contributed by atoms with Crippen molar-refractivity contribution in [2.45, 2.75) is 58.8 Å². The fraction of sp³-hybridized carbons (Fsp3) is 0.175. The molecule has 0 nitrogen and oxygen atoms in total. The van der Waals surface area contributed by atoms with E-state index < -0.39 is 5.41 Å². The van der Waals surface area contributed by atoms with E-state index in [9.17, 15) is 0 Å². The van der Waals surface area contributed by atoms with Gasteiger partial charge in [-0.15, -0.1) is 33.7 Å². The average Bonchev–Trinajstić information content (AvgIpc) is 3.92. The maximum absolute atomic E-state index is 4.08. The van der Waals surface area contributed by atoms with E-state index in [1.54, 1.807) is 0 Å². The van der Waals surface area contributed by atoms with Crippen molar-refractivity contribution < 1.29 is 49.0 Å². The van der Waals surface area contributed by atoms with E-state index >= 15 is 0 Å². The van der Waals surface area contributed by atoms with Crippen LogP contribution < -0.4 is 35.3 Å². The summed E-state index contributed by atoms with van der Waals surface area (Å²) < 4.78 is 1.42. The fourth-order valence-corrected chi connectivity index (χ4v) is 9.90. The van der Waals surface area contributed by atoms with Gasteiger partial charge in [-0.3, -0.25) is 0 Å². The van der Waals surface area contributed by atoms with Crippen molar-refractivity contribution in [1.29, 1.82) is 0 Å². The van der Waals surface area contributed by atoms with Gasteiger partial charge in [-0.2, -0.15) is 0 Å². The Labute approximate surface area is 385 Å². The van der Waals surface area contributed by atoms with E-state index in [4.69, 9.17) is 0 Å². The SMILES string of the molecule is CC(C)(C)c1cc(-c2ccccc2)c2c(c1)=[C-]C1=C(C3=CC=CC3)C(c3ccccc3)(C(C)(C)C)C(c3ccccc3)=CC=21.[Cl-].[Cl-].[Zr+2]=[C](c1ccccc1)c1ccccc1. The Morgan fingerprint density at radius 1 is 0.617 bits per heavy atom. The van der Waals surface area contributed by atoms with Crippen molar-refractivity contribution in [3.8, 4) is 11.1 Å². The molecule has 0 bridgehead atoms. The van der Waals surface area contributed by atoms with Crippen molar-refractivity contribution in [3.05, 3.63) is 243 Å². The zero-order valence-electron chi connectivity index (χ0n) is 35.4. The Morgan fingerprint density at radius 2 is 1.12 bits per heavy atom. The van der Waals surface area contributed by atoms with Crippen LogP contribution in [0.2, 0.25) is 0 Å². The van der Waals surface area contributed by atoms with E-state index in [0.717, 1.165) is 6.42 Å². The number of hydrogen-bond donors (Lipinski definition) is 0. The number of halogens is 2. The molecular weight excluding hydrogens is 847 g/mol. The van der Waals surface area contributed by atoms with E-state index in [2.05, 4.69) is 236 Å². The molecular formula is C57H51Cl2Zr-. The van der Waals surface area contributed by atoms with Crippen molar-refractivity contribution in [1.82, 2.24) is 0 Å². The summed E-state index contributed by atoms with van der Waals surface area (Å²) in [6, 6.07) is 59.2. The summed E-state index contributed by atoms with van der Waals surface area (Å²) >= 11 is 1.46. The Kier molecular flexibility index (Phi) is 13.9. The summed E-state index contributed by atoms with van der Waals surface area (Å²) in [6.45, 7) is 14.2. The molecule has 6 aromatic rings. The minimum absolute atomic E-state index is 0. The molecule has 3 heteroatoms. The molecule has 0 aliphatic heterocycles. The second-order valence-electron chi connectivity index (χ2n) is 17.6. The summed E-state index contributed by atoms with van der Waals surface area (Å²) in [4.78, 5) is 0. The predicted octanol–water partition coefficient (Wildman–Crippen LogP) is 6.55. The van der Waals surface area contributed by atoms with Crippen molar-refractivity contribution >= 4 is 20.4 Å². The molecule has 1 atom stereocenters. The van der Waals surface area contributed by atoms with Crippen LogP contribution in [0.4, 0.5) is 0 Å². The molecule has 9 rings (SSSR count). The topological polar surface area (TPSA) is 0 Å². The zero-order valence-corrected chi connectivity index (χ0v) is 39.3. The molecule has 0 amide bonds. The van der Waals surface area contributed by atoms with Gasteiger partial charge >= 0.3 is 99.2 Å². The third-order valence-corrected chi connectivity index (χ3v) is 13.3. The number of hydrogen-bond acceptors (Lipinski definition) is 0. The van der Waals surface area contributed by atoms with E-state index in [0.29, 0.717) is 0 Å². The summed E-state index contributed by atoms with van der Waals surface area (Å²) in [7, 11) is 0. The van der Waals surface area contributed by atoms with Gasteiger partial charge in [-0.25, -0.2) is 0 Å². The van der Waals surface area contributed by atoms with E-state index in [-0.39, 0.29) is 35.6 Å². The summed E-state index contributed by atoms with van der Waals surface area (Å²) in [6.07, 6.45) is 14.4. The Bertz CT molecular complexity index is 2690. The van der Waals surface area contributed by atoms with Crippen LogP contribution in [0.5, 0.6) is 0 Å².